The van der Waals surface area contributed by atoms with Gasteiger partial charge < -0.3 is 9.64 Å². The van der Waals surface area contributed by atoms with E-state index in [1.807, 2.05) is 18.2 Å². The molecule has 0 aromatic heterocycles. The van der Waals surface area contributed by atoms with Crippen LogP contribution in [0.15, 0.2) is 48.5 Å². The highest BCUT2D eigenvalue weighted by molar-refractivity contribution is 7.92. The molecule has 6 nitrogen and oxygen atoms in total. The fourth-order valence-corrected chi connectivity index (χ4v) is 4.45. The lowest BCUT2D eigenvalue weighted by Gasteiger charge is -2.37. The van der Waals surface area contributed by atoms with Crippen molar-refractivity contribution in [2.75, 3.05) is 23.7 Å². The van der Waals surface area contributed by atoms with E-state index in [2.05, 4.69) is 6.07 Å². The lowest BCUT2D eigenvalue weighted by Crippen LogP contribution is -2.52. The van der Waals surface area contributed by atoms with E-state index in [4.69, 9.17) is 4.74 Å². The van der Waals surface area contributed by atoms with Crippen molar-refractivity contribution in [2.45, 2.75) is 19.1 Å². The van der Waals surface area contributed by atoms with Crippen LogP contribution >= 0.6 is 0 Å². The number of ether oxygens (including phenoxy) is 1. The minimum atomic E-state index is -3.50. The van der Waals surface area contributed by atoms with Crippen LogP contribution in [-0.4, -0.2) is 44.7 Å². The zero-order chi connectivity index (χ0) is 18.3. The molecular formula is C19H20N2O4S. The van der Waals surface area contributed by atoms with Crippen LogP contribution in [0.1, 0.15) is 11.1 Å². The Kier molecular flexibility index (Phi) is 4.11. The average Bonchev–Trinajstić information content (AvgIpc) is 2.65. The van der Waals surface area contributed by atoms with Crippen LogP contribution in [0, 0.1) is 0 Å². The Balaban J connectivity index is 1.60. The molecule has 7 heteroatoms. The molecule has 2 heterocycles. The van der Waals surface area contributed by atoms with Gasteiger partial charge in [-0.25, -0.2) is 8.42 Å². The molecule has 0 spiro atoms. The standard InChI is InChI=1S/C19H20N2O4S/c1-26(23,24)21-13-18(25-17-9-5-4-8-16(17)21)19(22)20-11-10-14-6-2-3-7-15(14)12-20/h2-9,18H,10-13H2,1H3. The van der Waals surface area contributed by atoms with Crippen LogP contribution in [0.4, 0.5) is 5.69 Å². The van der Waals surface area contributed by atoms with Gasteiger partial charge in [-0.05, 0) is 29.7 Å². The van der Waals surface area contributed by atoms with Gasteiger partial charge in [0.25, 0.3) is 5.91 Å². The van der Waals surface area contributed by atoms with Gasteiger partial charge in [-0.1, -0.05) is 36.4 Å². The number of rotatable bonds is 2. The first-order chi connectivity index (χ1) is 12.4. The van der Waals surface area contributed by atoms with Gasteiger partial charge in [-0.15, -0.1) is 0 Å². The third-order valence-electron chi connectivity index (χ3n) is 4.85. The molecule has 0 radical (unpaired) electrons. The highest BCUT2D eigenvalue weighted by atomic mass is 32.2. The van der Waals surface area contributed by atoms with Gasteiger partial charge in [0.1, 0.15) is 5.75 Å². The summed E-state index contributed by atoms with van der Waals surface area (Å²) >= 11 is 0. The fourth-order valence-electron chi connectivity index (χ4n) is 3.53. The van der Waals surface area contributed by atoms with Crippen LogP contribution in [0.25, 0.3) is 0 Å². The molecule has 1 unspecified atom stereocenters. The number of hydrogen-bond donors (Lipinski definition) is 0. The molecule has 2 aromatic carbocycles. The molecule has 0 saturated heterocycles. The molecule has 26 heavy (non-hydrogen) atoms. The van der Waals surface area contributed by atoms with Crippen LogP contribution in [0.2, 0.25) is 0 Å². The molecule has 4 rings (SSSR count). The van der Waals surface area contributed by atoms with Crippen LogP contribution < -0.4 is 9.04 Å². The van der Waals surface area contributed by atoms with E-state index in [1.54, 1.807) is 29.2 Å². The Bertz CT molecular complexity index is 958. The maximum Gasteiger partial charge on any atom is 0.265 e. The van der Waals surface area contributed by atoms with Gasteiger partial charge in [0.15, 0.2) is 6.10 Å². The molecule has 0 saturated carbocycles. The predicted molar refractivity (Wildman–Crippen MR) is 98.6 cm³/mol. The van der Waals surface area contributed by atoms with Crippen LogP contribution in [0.5, 0.6) is 5.75 Å². The summed E-state index contributed by atoms with van der Waals surface area (Å²) in [5, 5.41) is 0. The average molecular weight is 372 g/mol. The first-order valence-corrected chi connectivity index (χ1v) is 10.4. The van der Waals surface area contributed by atoms with Crippen molar-refractivity contribution in [3.8, 4) is 5.75 Å². The Morgan fingerprint density at radius 2 is 1.77 bits per heavy atom. The van der Waals surface area contributed by atoms with E-state index < -0.39 is 16.1 Å². The number of fused-ring (bicyclic) bond motifs is 2. The van der Waals surface area contributed by atoms with E-state index in [0.29, 0.717) is 24.5 Å². The summed E-state index contributed by atoms with van der Waals surface area (Å²) in [6.07, 6.45) is 1.10. The lowest BCUT2D eigenvalue weighted by molar-refractivity contribution is -0.139. The Morgan fingerprint density at radius 1 is 1.08 bits per heavy atom. The number of amides is 1. The number of nitrogens with zero attached hydrogens (tertiary/aromatic N) is 2. The minimum Gasteiger partial charge on any atom is -0.476 e. The van der Waals surface area contributed by atoms with Gasteiger partial charge in [0.05, 0.1) is 18.5 Å². The minimum absolute atomic E-state index is 0.00712. The van der Waals surface area contributed by atoms with Gasteiger partial charge in [0.2, 0.25) is 10.0 Å². The third kappa shape index (κ3) is 3.03. The summed E-state index contributed by atoms with van der Waals surface area (Å²) in [4.78, 5) is 14.8. The van der Waals surface area contributed by atoms with Gasteiger partial charge in [0, 0.05) is 13.1 Å². The number of sulfonamides is 1. The SMILES string of the molecule is CS(=O)(=O)N1CC(C(=O)N2CCc3ccccc3C2)Oc2ccccc21. The monoisotopic (exact) mass is 372 g/mol. The first kappa shape index (κ1) is 16.9. The van der Waals surface area contributed by atoms with Crippen LogP contribution in [-0.2, 0) is 27.8 Å². The van der Waals surface area contributed by atoms with E-state index in [0.717, 1.165) is 18.2 Å². The Hall–Kier alpha value is -2.54. The van der Waals surface area contributed by atoms with E-state index in [-0.39, 0.29) is 12.5 Å². The number of anilines is 1. The van der Waals surface area contributed by atoms with E-state index in [9.17, 15) is 13.2 Å². The second-order valence-corrected chi connectivity index (χ2v) is 8.55. The molecule has 0 fully saturated rings. The topological polar surface area (TPSA) is 66.9 Å². The Morgan fingerprint density at radius 3 is 2.54 bits per heavy atom. The van der Waals surface area contributed by atoms with Crippen molar-refractivity contribution < 1.29 is 17.9 Å². The second-order valence-electron chi connectivity index (χ2n) is 6.65. The summed E-state index contributed by atoms with van der Waals surface area (Å²) < 4.78 is 31.5. The summed E-state index contributed by atoms with van der Waals surface area (Å²) in [5.74, 6) is 0.239. The molecule has 1 amide bonds. The zero-order valence-electron chi connectivity index (χ0n) is 14.5. The summed E-state index contributed by atoms with van der Waals surface area (Å²) in [6, 6.07) is 15.0. The number of hydrogen-bond acceptors (Lipinski definition) is 4. The molecule has 2 aliphatic rings. The number of benzene rings is 2. The maximum atomic E-state index is 13.0. The van der Waals surface area contributed by atoms with Crippen molar-refractivity contribution in [3.63, 3.8) is 0 Å². The summed E-state index contributed by atoms with van der Waals surface area (Å²) in [7, 11) is -3.50. The molecule has 136 valence electrons. The number of carbonyl (C=O) groups is 1. The van der Waals surface area contributed by atoms with Crippen molar-refractivity contribution in [1.29, 1.82) is 0 Å². The molecule has 2 aliphatic heterocycles. The van der Waals surface area contributed by atoms with E-state index in [1.165, 1.54) is 9.87 Å². The third-order valence-corrected chi connectivity index (χ3v) is 6.00. The lowest BCUT2D eigenvalue weighted by atomic mass is 9.99. The molecule has 0 bridgehead atoms. The molecular weight excluding hydrogens is 352 g/mol. The number of para-hydroxylation sites is 2. The molecule has 2 aromatic rings. The van der Waals surface area contributed by atoms with Gasteiger partial charge >= 0.3 is 0 Å². The van der Waals surface area contributed by atoms with Crippen LogP contribution in [0.3, 0.4) is 0 Å². The first-order valence-electron chi connectivity index (χ1n) is 8.52. The second kappa shape index (κ2) is 6.32. The van der Waals surface area contributed by atoms with Crippen molar-refractivity contribution in [2.24, 2.45) is 0 Å². The molecule has 1 atom stereocenters. The molecule has 0 N–H and O–H groups in total. The van der Waals surface area contributed by atoms with Gasteiger partial charge in [-0.2, -0.15) is 0 Å². The summed E-state index contributed by atoms with van der Waals surface area (Å²) in [5.41, 5.74) is 2.86. The zero-order valence-corrected chi connectivity index (χ0v) is 15.3. The van der Waals surface area contributed by atoms with Crippen molar-refractivity contribution in [3.05, 3.63) is 59.7 Å². The van der Waals surface area contributed by atoms with Gasteiger partial charge in [-0.3, -0.25) is 9.10 Å². The van der Waals surface area contributed by atoms with Crippen molar-refractivity contribution in [1.82, 2.24) is 4.90 Å². The highest BCUT2D eigenvalue weighted by Gasteiger charge is 2.37. The Labute approximate surface area is 153 Å². The van der Waals surface area contributed by atoms with E-state index >= 15 is 0 Å². The normalized spacial score (nSPS) is 19.3. The summed E-state index contributed by atoms with van der Waals surface area (Å²) in [6.45, 7) is 1.12. The fraction of sp³-hybridized carbons (Fsp3) is 0.316. The quantitative estimate of drug-likeness (QED) is 0.806. The highest BCUT2D eigenvalue weighted by Crippen LogP contribution is 2.35. The molecule has 0 aliphatic carbocycles. The van der Waals surface area contributed by atoms with Crippen molar-refractivity contribution >= 4 is 21.6 Å². The predicted octanol–water partition coefficient (Wildman–Crippen LogP) is 1.80. The largest absolute Gasteiger partial charge is 0.476 e. The smallest absolute Gasteiger partial charge is 0.265 e. The number of carbonyl (C=O) groups excluding carboxylic acids is 1. The maximum absolute atomic E-state index is 13.0.